The number of carboxylic acid groups (broad SMARTS) is 1. The van der Waals surface area contributed by atoms with E-state index in [0.717, 1.165) is 31.0 Å². The number of hydrogen-bond donors (Lipinski definition) is 1. The molecule has 0 aliphatic carbocycles. The molecule has 1 N–H and O–H groups in total. The third-order valence-electron chi connectivity index (χ3n) is 5.23. The molecule has 6 nitrogen and oxygen atoms in total. The highest BCUT2D eigenvalue weighted by atomic mass is 19.1. The van der Waals surface area contributed by atoms with Crippen LogP contribution in [0.4, 0.5) is 14.5 Å². The van der Waals surface area contributed by atoms with Crippen LogP contribution in [-0.2, 0) is 14.4 Å². The van der Waals surface area contributed by atoms with Gasteiger partial charge < -0.3 is 14.9 Å². The minimum atomic E-state index is -0.849. The molecule has 0 saturated carbocycles. The van der Waals surface area contributed by atoms with E-state index in [0.29, 0.717) is 19.5 Å². The molecule has 1 aromatic carbocycles. The van der Waals surface area contributed by atoms with E-state index in [1.807, 2.05) is 0 Å². The molecule has 27 heavy (non-hydrogen) atoms. The Morgan fingerprint density at radius 3 is 2.52 bits per heavy atom. The van der Waals surface area contributed by atoms with Crippen LogP contribution in [0.25, 0.3) is 0 Å². The Morgan fingerprint density at radius 1 is 1.15 bits per heavy atom. The third kappa shape index (κ3) is 4.61. The number of nitrogens with zero attached hydrogens (tertiary/aromatic N) is 2. The lowest BCUT2D eigenvalue weighted by atomic mass is 9.92. The van der Waals surface area contributed by atoms with Gasteiger partial charge in [-0.25, -0.2) is 8.78 Å². The first-order valence-electron chi connectivity index (χ1n) is 9.10. The monoisotopic (exact) mass is 380 g/mol. The molecule has 2 heterocycles. The van der Waals surface area contributed by atoms with Crippen molar-refractivity contribution in [2.45, 2.75) is 32.1 Å². The van der Waals surface area contributed by atoms with E-state index in [-0.39, 0.29) is 42.8 Å². The molecule has 0 bridgehead atoms. The molecule has 2 saturated heterocycles. The lowest BCUT2D eigenvalue weighted by molar-refractivity contribution is -0.138. The van der Waals surface area contributed by atoms with Gasteiger partial charge in [0.25, 0.3) is 0 Å². The summed E-state index contributed by atoms with van der Waals surface area (Å²) in [6, 6.07) is 2.89. The Kier molecular flexibility index (Phi) is 5.72. The summed E-state index contributed by atoms with van der Waals surface area (Å²) < 4.78 is 26.9. The summed E-state index contributed by atoms with van der Waals surface area (Å²) in [6.45, 7) is 1.17. The lowest BCUT2D eigenvalue weighted by Gasteiger charge is -2.34. The van der Waals surface area contributed by atoms with E-state index < -0.39 is 23.5 Å². The summed E-state index contributed by atoms with van der Waals surface area (Å²) in [4.78, 5) is 38.8. The van der Waals surface area contributed by atoms with Crippen LogP contribution in [-0.4, -0.2) is 47.4 Å². The maximum atomic E-state index is 13.4. The molecule has 2 amide bonds. The molecular formula is C19H22F2N2O4. The first-order chi connectivity index (χ1) is 12.8. The molecular weight excluding hydrogens is 358 g/mol. The van der Waals surface area contributed by atoms with Gasteiger partial charge in [0.05, 0.1) is 5.92 Å². The maximum absolute atomic E-state index is 13.4. The van der Waals surface area contributed by atoms with Crippen molar-refractivity contribution in [1.29, 1.82) is 0 Å². The van der Waals surface area contributed by atoms with E-state index >= 15 is 0 Å². The summed E-state index contributed by atoms with van der Waals surface area (Å²) in [5.74, 6) is -3.29. The largest absolute Gasteiger partial charge is 0.481 e. The van der Waals surface area contributed by atoms with Crippen molar-refractivity contribution in [3.05, 3.63) is 29.8 Å². The van der Waals surface area contributed by atoms with Gasteiger partial charge in [0.15, 0.2) is 0 Å². The summed E-state index contributed by atoms with van der Waals surface area (Å²) in [7, 11) is 0. The number of rotatable bonds is 5. The van der Waals surface area contributed by atoms with Crippen LogP contribution in [0.3, 0.4) is 0 Å². The fourth-order valence-corrected chi connectivity index (χ4v) is 3.90. The molecule has 0 spiro atoms. The van der Waals surface area contributed by atoms with Gasteiger partial charge in [-0.3, -0.25) is 14.4 Å². The van der Waals surface area contributed by atoms with Gasteiger partial charge in [-0.2, -0.15) is 0 Å². The number of halogens is 2. The van der Waals surface area contributed by atoms with Gasteiger partial charge in [0.2, 0.25) is 11.8 Å². The second-order valence-corrected chi connectivity index (χ2v) is 7.26. The Morgan fingerprint density at radius 2 is 1.85 bits per heavy atom. The number of benzene rings is 1. The summed E-state index contributed by atoms with van der Waals surface area (Å²) in [6.07, 6.45) is 2.29. The summed E-state index contributed by atoms with van der Waals surface area (Å²) >= 11 is 0. The summed E-state index contributed by atoms with van der Waals surface area (Å²) in [5.41, 5.74) is 0.116. The van der Waals surface area contributed by atoms with Crippen molar-refractivity contribution in [3.8, 4) is 0 Å². The van der Waals surface area contributed by atoms with E-state index in [9.17, 15) is 23.2 Å². The number of anilines is 1. The molecule has 2 fully saturated rings. The van der Waals surface area contributed by atoms with E-state index in [1.165, 1.54) is 4.90 Å². The Labute approximate surface area is 155 Å². The first-order valence-corrected chi connectivity index (χ1v) is 9.10. The van der Waals surface area contributed by atoms with Gasteiger partial charge in [-0.1, -0.05) is 0 Å². The zero-order valence-corrected chi connectivity index (χ0v) is 14.9. The standard InChI is InChI=1S/C19H22F2N2O4/c20-14-7-15(21)9-16(8-14)23-11-13(6-17(23)24)19(27)22-5-1-2-12(10-22)3-4-18(25)26/h7-9,12-13H,1-6,10-11H2,(H,25,26)/t12-,13-/m1/s1. The van der Waals surface area contributed by atoms with Crippen LogP contribution in [0.15, 0.2) is 18.2 Å². The van der Waals surface area contributed by atoms with E-state index in [2.05, 4.69) is 0 Å². The molecule has 1 aromatic rings. The van der Waals surface area contributed by atoms with Crippen molar-refractivity contribution >= 4 is 23.5 Å². The highest BCUT2D eigenvalue weighted by Crippen LogP contribution is 2.29. The van der Waals surface area contributed by atoms with Gasteiger partial charge in [-0.15, -0.1) is 0 Å². The number of carboxylic acids is 1. The number of amides is 2. The van der Waals surface area contributed by atoms with Crippen molar-refractivity contribution in [2.75, 3.05) is 24.5 Å². The number of piperidine rings is 1. The molecule has 2 aliphatic heterocycles. The topological polar surface area (TPSA) is 77.9 Å². The number of aliphatic carboxylic acids is 1. The molecule has 0 unspecified atom stereocenters. The van der Waals surface area contributed by atoms with Gasteiger partial charge >= 0.3 is 5.97 Å². The van der Waals surface area contributed by atoms with Crippen molar-refractivity contribution in [2.24, 2.45) is 11.8 Å². The second-order valence-electron chi connectivity index (χ2n) is 7.26. The summed E-state index contributed by atoms with van der Waals surface area (Å²) in [5, 5.41) is 8.82. The Bertz CT molecular complexity index is 735. The normalized spacial score (nSPS) is 23.0. The number of likely N-dealkylation sites (tertiary alicyclic amines) is 1. The molecule has 0 radical (unpaired) electrons. The average molecular weight is 380 g/mol. The zero-order chi connectivity index (χ0) is 19.6. The van der Waals surface area contributed by atoms with Gasteiger partial charge in [-0.05, 0) is 37.3 Å². The number of hydrogen-bond acceptors (Lipinski definition) is 3. The van der Waals surface area contributed by atoms with Crippen LogP contribution in [0.2, 0.25) is 0 Å². The third-order valence-corrected chi connectivity index (χ3v) is 5.23. The SMILES string of the molecule is O=C(O)CC[C@H]1CCCN(C(=O)[C@@H]2CC(=O)N(c3cc(F)cc(F)c3)C2)C1. The second kappa shape index (κ2) is 8.02. The predicted octanol–water partition coefficient (Wildman–Crippen LogP) is 2.42. The van der Waals surface area contributed by atoms with Crippen LogP contribution < -0.4 is 4.90 Å². The van der Waals surface area contributed by atoms with Crippen LogP contribution >= 0.6 is 0 Å². The molecule has 146 valence electrons. The lowest BCUT2D eigenvalue weighted by Crippen LogP contribution is -2.43. The average Bonchev–Trinajstić information content (AvgIpc) is 3.00. The minimum Gasteiger partial charge on any atom is -0.481 e. The van der Waals surface area contributed by atoms with Crippen molar-refractivity contribution in [1.82, 2.24) is 4.90 Å². The van der Waals surface area contributed by atoms with Crippen LogP contribution in [0, 0.1) is 23.5 Å². The van der Waals surface area contributed by atoms with Crippen molar-refractivity contribution in [3.63, 3.8) is 0 Å². The van der Waals surface area contributed by atoms with E-state index in [1.54, 1.807) is 4.90 Å². The van der Waals surface area contributed by atoms with Crippen LogP contribution in [0.5, 0.6) is 0 Å². The molecule has 8 heteroatoms. The highest BCUT2D eigenvalue weighted by molar-refractivity contribution is 6.00. The fourth-order valence-electron chi connectivity index (χ4n) is 3.90. The van der Waals surface area contributed by atoms with Gasteiger partial charge in [0.1, 0.15) is 11.6 Å². The number of carbonyl (C=O) groups is 3. The molecule has 0 aromatic heterocycles. The molecule has 3 rings (SSSR count). The smallest absolute Gasteiger partial charge is 0.303 e. The van der Waals surface area contributed by atoms with E-state index in [4.69, 9.17) is 5.11 Å². The fraction of sp³-hybridized carbons (Fsp3) is 0.526. The first kappa shape index (κ1) is 19.3. The predicted molar refractivity (Wildman–Crippen MR) is 93.0 cm³/mol. The highest BCUT2D eigenvalue weighted by Gasteiger charge is 2.38. The minimum absolute atomic E-state index is 0.00720. The van der Waals surface area contributed by atoms with Crippen LogP contribution in [0.1, 0.15) is 32.1 Å². The number of carbonyl (C=O) groups excluding carboxylic acids is 2. The zero-order valence-electron chi connectivity index (χ0n) is 14.9. The Hall–Kier alpha value is -2.51. The molecule has 2 atom stereocenters. The quantitative estimate of drug-likeness (QED) is 0.851. The van der Waals surface area contributed by atoms with Crippen molar-refractivity contribution < 1.29 is 28.3 Å². The Balaban J connectivity index is 1.64. The maximum Gasteiger partial charge on any atom is 0.303 e. The molecule has 2 aliphatic rings. The van der Waals surface area contributed by atoms with Gasteiger partial charge in [0, 0.05) is 44.2 Å².